The first-order valence-electron chi connectivity index (χ1n) is 3.93. The molecular weight excluding hydrogens is 412 g/mol. The number of rotatable bonds is 3. The minimum absolute atomic E-state index is 0. The van der Waals surface area contributed by atoms with E-state index in [2.05, 4.69) is 10.1 Å². The molecule has 0 radical (unpaired) electrons. The quantitative estimate of drug-likeness (QED) is 0.686. The molecule has 3 nitrogen and oxygen atoms in total. The van der Waals surface area contributed by atoms with Crippen molar-refractivity contribution >= 4 is 5.70 Å². The summed E-state index contributed by atoms with van der Waals surface area (Å²) in [4.78, 5) is 0. The van der Waals surface area contributed by atoms with Crippen molar-refractivity contribution in [2.75, 3.05) is 0 Å². The third kappa shape index (κ3) is 3.71. The van der Waals surface area contributed by atoms with Crippen molar-refractivity contribution in [2.24, 2.45) is 0 Å². The van der Waals surface area contributed by atoms with Crippen LogP contribution in [0.25, 0.3) is 17.2 Å². The van der Waals surface area contributed by atoms with Gasteiger partial charge in [-0.25, -0.2) is 8.78 Å². The summed E-state index contributed by atoms with van der Waals surface area (Å²) < 4.78 is 53.6. The van der Waals surface area contributed by atoms with Gasteiger partial charge < -0.3 is 16.2 Å². The van der Waals surface area contributed by atoms with Crippen molar-refractivity contribution in [3.63, 3.8) is 0 Å². The fraction of sp³-hybridized carbons (Fsp3) is 0.111. The molecule has 0 amide bonds. The Morgan fingerprint density at radius 2 is 1.71 bits per heavy atom. The van der Waals surface area contributed by atoms with E-state index in [1.807, 2.05) is 0 Å². The third-order valence-corrected chi connectivity index (χ3v) is 1.77. The van der Waals surface area contributed by atoms with Crippen molar-refractivity contribution in [1.29, 1.82) is 0 Å². The van der Waals surface area contributed by atoms with Crippen LogP contribution >= 0.6 is 0 Å². The van der Waals surface area contributed by atoms with E-state index in [1.165, 1.54) is 6.20 Å². The van der Waals surface area contributed by atoms with E-state index >= 15 is 0 Å². The zero-order valence-corrected chi connectivity index (χ0v) is 11.1. The van der Waals surface area contributed by atoms with Crippen LogP contribution in [0.15, 0.2) is 18.3 Å². The molecule has 0 spiro atoms. The van der Waals surface area contributed by atoms with Crippen LogP contribution < -0.4 is 4.74 Å². The van der Waals surface area contributed by atoms with Crippen molar-refractivity contribution in [3.05, 3.63) is 47.0 Å². The molecule has 8 heteroatoms. The normalized spacial score (nSPS) is 11.9. The molecule has 0 atom stereocenters. The van der Waals surface area contributed by atoms with E-state index in [4.69, 9.17) is 0 Å². The fourth-order valence-corrected chi connectivity index (χ4v) is 1.08. The number of hydrogen-bond acceptors (Lipinski definition) is 1. The molecule has 0 aliphatic carbocycles. The molecule has 17 heavy (non-hydrogen) atoms. The molecule has 0 unspecified atom stereocenters. The van der Waals surface area contributed by atoms with E-state index in [-0.39, 0.29) is 32.8 Å². The van der Waals surface area contributed by atoms with Gasteiger partial charge in [-0.1, -0.05) is 0 Å². The molecule has 1 aliphatic rings. The van der Waals surface area contributed by atoms with Gasteiger partial charge in [0.05, 0.1) is 0 Å². The monoisotopic (exact) mass is 418 g/mol. The van der Waals surface area contributed by atoms with Crippen LogP contribution in [0.2, 0.25) is 0 Å². The molecule has 1 heterocycles. The van der Waals surface area contributed by atoms with Crippen LogP contribution in [-0.4, -0.2) is 6.61 Å². The first kappa shape index (κ1) is 15.9. The Bertz CT molecular complexity index is 439. The van der Waals surface area contributed by atoms with Gasteiger partial charge in [-0.2, -0.15) is 15.0 Å². The predicted octanol–water partition coefficient (Wildman–Crippen LogP) is 3.97. The zero-order valence-electron chi connectivity index (χ0n) is 8.16. The number of benzene rings is 1. The number of alkyl halides is 2. The van der Waals surface area contributed by atoms with Crippen LogP contribution in [-0.2, 0) is 21.1 Å². The summed E-state index contributed by atoms with van der Waals surface area (Å²) >= 11 is 0. The first-order valence-corrected chi connectivity index (χ1v) is 3.93. The van der Waals surface area contributed by atoms with Crippen LogP contribution in [0.5, 0.6) is 5.75 Å². The molecule has 0 saturated carbocycles. The van der Waals surface area contributed by atoms with Gasteiger partial charge in [-0.15, -0.1) is 5.70 Å². The summed E-state index contributed by atoms with van der Waals surface area (Å²) in [6.45, 7) is -3.19. The molecule has 0 saturated heterocycles. The Labute approximate surface area is 109 Å². The van der Waals surface area contributed by atoms with Crippen LogP contribution in [0.1, 0.15) is 5.56 Å². The van der Waals surface area contributed by atoms with Gasteiger partial charge in [0.2, 0.25) is 0 Å². The molecule has 92 valence electrons. The number of ether oxygens (including phenoxy) is 1. The Kier molecular flexibility index (Phi) is 5.64. The smallest absolute Gasteiger partial charge is 0.693 e. The predicted molar refractivity (Wildman–Crippen MR) is 49.6 cm³/mol. The molecule has 0 aromatic heterocycles. The maximum atomic E-state index is 13.2. The second-order valence-electron chi connectivity index (χ2n) is 2.78. The number of halogens is 4. The van der Waals surface area contributed by atoms with Crippen molar-refractivity contribution < 1.29 is 43.4 Å². The van der Waals surface area contributed by atoms with Gasteiger partial charge in [0, 0.05) is 6.07 Å². The van der Waals surface area contributed by atoms with Gasteiger partial charge in [-0.3, -0.25) is 0 Å². The Hall–Kier alpha value is -1.07. The maximum Gasteiger partial charge on any atom is 2.00 e. The zero-order chi connectivity index (χ0) is 11.0. The first-order chi connectivity index (χ1) is 7.08. The number of nitrogens with zero attached hydrogens (tertiary/aromatic N) is 1. The molecule has 2 rings (SSSR count). The minimum Gasteiger partial charge on any atom is -0.693 e. The topological polar surface area (TPSA) is 56.8 Å². The van der Waals surface area contributed by atoms with E-state index in [0.717, 1.165) is 6.07 Å². The van der Waals surface area contributed by atoms with E-state index in [0.29, 0.717) is 11.8 Å². The summed E-state index contributed by atoms with van der Waals surface area (Å²) in [7, 11) is 0. The molecule has 0 fully saturated rings. The van der Waals surface area contributed by atoms with Gasteiger partial charge in [-0.05, 0) is 11.6 Å². The maximum absolute atomic E-state index is 13.2. The SMILES string of the molecule is Fc1cc(C2=C[N-]2)c(F)cc1OC(F)F.[NH2-].[W+2]. The van der Waals surface area contributed by atoms with E-state index in [1.54, 1.807) is 0 Å². The van der Waals surface area contributed by atoms with E-state index < -0.39 is 24.0 Å². The number of hydrogen-bond donors (Lipinski definition) is 0. The van der Waals surface area contributed by atoms with Crippen LogP contribution in [0.3, 0.4) is 0 Å². The molecule has 0 bridgehead atoms. The summed E-state index contributed by atoms with van der Waals surface area (Å²) in [5.41, 5.74) is 0.240. The average Bonchev–Trinajstić information content (AvgIpc) is 2.93. The van der Waals surface area contributed by atoms with Gasteiger partial charge in [0.25, 0.3) is 0 Å². The minimum atomic E-state index is -3.19. The summed E-state index contributed by atoms with van der Waals surface area (Å²) in [5.74, 6) is -2.71. The van der Waals surface area contributed by atoms with Crippen molar-refractivity contribution in [3.8, 4) is 5.75 Å². The largest absolute Gasteiger partial charge is 2.00 e. The average molecular weight is 418 g/mol. The molecular formula is C9H6F4N2OW. The van der Waals surface area contributed by atoms with Gasteiger partial charge in [0.15, 0.2) is 11.6 Å². The van der Waals surface area contributed by atoms with Gasteiger partial charge >= 0.3 is 27.7 Å². The third-order valence-electron chi connectivity index (χ3n) is 1.77. The van der Waals surface area contributed by atoms with E-state index in [9.17, 15) is 17.6 Å². The van der Waals surface area contributed by atoms with Crippen molar-refractivity contribution in [1.82, 2.24) is 0 Å². The second-order valence-corrected chi connectivity index (χ2v) is 2.78. The summed E-state index contributed by atoms with van der Waals surface area (Å²) in [5, 5.41) is 3.56. The molecule has 1 aromatic rings. The van der Waals surface area contributed by atoms with Crippen LogP contribution in [0.4, 0.5) is 17.6 Å². The van der Waals surface area contributed by atoms with Crippen molar-refractivity contribution in [2.45, 2.75) is 6.61 Å². The Balaban J connectivity index is 0.00000128. The number of nitrogens with two attached hydrogens (primary N) is 1. The Morgan fingerprint density at radius 3 is 2.18 bits per heavy atom. The summed E-state index contributed by atoms with van der Waals surface area (Å²) in [6.07, 6.45) is 1.34. The second kappa shape index (κ2) is 6.02. The molecule has 2 N–H and O–H groups in total. The summed E-state index contributed by atoms with van der Waals surface area (Å²) in [6, 6.07) is 1.35. The Morgan fingerprint density at radius 1 is 1.12 bits per heavy atom. The van der Waals surface area contributed by atoms with Gasteiger partial charge in [0.1, 0.15) is 5.82 Å². The van der Waals surface area contributed by atoms with Crippen LogP contribution in [0, 0.1) is 11.6 Å². The standard InChI is InChI=1S/C9H4F4NO.H2N.W/c10-5-2-8(15-9(12)13)6(11)1-4(5)7-3-14-7;;/h1-3,9H;1H2;/q2*-1;+2. The fourth-order valence-electron chi connectivity index (χ4n) is 1.08. The molecule has 1 aliphatic heterocycles. The molecule has 1 aromatic carbocycles.